The molecule has 0 bridgehead atoms. The molecule has 0 aliphatic heterocycles. The summed E-state index contributed by atoms with van der Waals surface area (Å²) in [6, 6.07) is 0.104. The topological polar surface area (TPSA) is 61.5 Å². The molecule has 1 saturated carbocycles. The van der Waals surface area contributed by atoms with Crippen molar-refractivity contribution in [2.45, 2.75) is 57.8 Å². The van der Waals surface area contributed by atoms with Crippen molar-refractivity contribution in [3.8, 4) is 0 Å². The van der Waals surface area contributed by atoms with E-state index in [0.717, 1.165) is 0 Å². The molecule has 1 aliphatic rings. The molecule has 106 valence electrons. The summed E-state index contributed by atoms with van der Waals surface area (Å²) in [4.78, 5) is 11.9. The fourth-order valence-electron chi connectivity index (χ4n) is 2.04. The molecule has 1 fully saturated rings. The van der Waals surface area contributed by atoms with Crippen LogP contribution < -0.4 is 5.73 Å². The van der Waals surface area contributed by atoms with Crippen LogP contribution in [0.5, 0.6) is 0 Å². The molecule has 0 unspecified atom stereocenters. The minimum absolute atomic E-state index is 0.104. The molecule has 0 radical (unpaired) electrons. The van der Waals surface area contributed by atoms with E-state index in [1.807, 2.05) is 0 Å². The molecule has 0 heterocycles. The molecule has 0 aromatic carbocycles. The Labute approximate surface area is 111 Å². The van der Waals surface area contributed by atoms with E-state index >= 15 is 0 Å². The fraction of sp³-hybridized carbons (Fsp3) is 0.923. The molecular formula is C13H27NO3Si. The van der Waals surface area contributed by atoms with Crippen molar-refractivity contribution in [1.82, 2.24) is 0 Å². The fourth-order valence-corrected chi connectivity index (χ4v) is 3.11. The molecule has 2 N–H and O–H groups in total. The van der Waals surface area contributed by atoms with Crippen molar-refractivity contribution in [3.05, 3.63) is 0 Å². The Kier molecular flexibility index (Phi) is 4.30. The van der Waals surface area contributed by atoms with Gasteiger partial charge in [0.25, 0.3) is 0 Å². The van der Waals surface area contributed by atoms with E-state index in [9.17, 15) is 4.79 Å². The Morgan fingerprint density at radius 3 is 2.22 bits per heavy atom. The summed E-state index contributed by atoms with van der Waals surface area (Å²) in [5.41, 5.74) is 5.32. The minimum Gasteiger partial charge on any atom is -0.469 e. The number of hydrogen-bond donors (Lipinski definition) is 1. The summed E-state index contributed by atoms with van der Waals surface area (Å²) < 4.78 is 11.1. The molecule has 0 saturated heterocycles. The summed E-state index contributed by atoms with van der Waals surface area (Å²) in [5, 5.41) is 0.149. The first-order chi connectivity index (χ1) is 8.04. The first kappa shape index (κ1) is 15.7. The van der Waals surface area contributed by atoms with Crippen molar-refractivity contribution in [3.63, 3.8) is 0 Å². The summed E-state index contributed by atoms with van der Waals surface area (Å²) in [6.45, 7) is 11.4. The van der Waals surface area contributed by atoms with E-state index in [4.69, 9.17) is 14.9 Å². The lowest BCUT2D eigenvalue weighted by atomic mass is 9.66. The first-order valence-corrected chi connectivity index (χ1v) is 9.43. The van der Waals surface area contributed by atoms with E-state index < -0.39 is 13.7 Å². The number of methoxy groups -OCH3 is 1. The number of hydrogen-bond acceptors (Lipinski definition) is 4. The summed E-state index contributed by atoms with van der Waals surface area (Å²) in [6.07, 6.45) is 1.35. The molecule has 0 amide bonds. The highest BCUT2D eigenvalue weighted by molar-refractivity contribution is 6.74. The van der Waals surface area contributed by atoms with Gasteiger partial charge in [-0.3, -0.25) is 4.79 Å². The monoisotopic (exact) mass is 273 g/mol. The molecule has 4 nitrogen and oxygen atoms in total. The zero-order valence-corrected chi connectivity index (χ0v) is 13.5. The van der Waals surface area contributed by atoms with E-state index in [1.54, 1.807) is 0 Å². The molecule has 0 aromatic rings. The van der Waals surface area contributed by atoms with Crippen LogP contribution in [0.3, 0.4) is 0 Å². The van der Waals surface area contributed by atoms with E-state index in [2.05, 4.69) is 33.9 Å². The second-order valence-corrected chi connectivity index (χ2v) is 11.8. The van der Waals surface area contributed by atoms with E-state index in [0.29, 0.717) is 19.4 Å². The van der Waals surface area contributed by atoms with Gasteiger partial charge in [-0.1, -0.05) is 20.8 Å². The zero-order valence-electron chi connectivity index (χ0n) is 12.5. The van der Waals surface area contributed by atoms with Crippen LogP contribution in [-0.2, 0) is 14.0 Å². The maximum Gasteiger partial charge on any atom is 0.314 e. The van der Waals surface area contributed by atoms with Gasteiger partial charge in [0.05, 0.1) is 19.1 Å². The van der Waals surface area contributed by atoms with Crippen LogP contribution >= 0.6 is 0 Å². The van der Waals surface area contributed by atoms with Gasteiger partial charge in [0.1, 0.15) is 0 Å². The van der Waals surface area contributed by atoms with Gasteiger partial charge in [-0.05, 0) is 31.0 Å². The second kappa shape index (κ2) is 4.94. The number of rotatable bonds is 4. The lowest BCUT2D eigenvalue weighted by molar-refractivity contribution is -0.162. The van der Waals surface area contributed by atoms with Gasteiger partial charge < -0.3 is 14.9 Å². The SMILES string of the molecule is COC(=O)C1(CO[Si](C)(C)C(C)(C)C)CC(N)C1. The molecule has 0 aromatic heterocycles. The van der Waals surface area contributed by atoms with Gasteiger partial charge in [0.2, 0.25) is 0 Å². The molecule has 0 atom stereocenters. The Bertz CT molecular complexity index is 317. The second-order valence-electron chi connectivity index (χ2n) is 6.99. The van der Waals surface area contributed by atoms with E-state index in [-0.39, 0.29) is 17.0 Å². The third-order valence-electron chi connectivity index (χ3n) is 4.44. The van der Waals surface area contributed by atoms with Crippen molar-refractivity contribution in [2.24, 2.45) is 11.1 Å². The maximum atomic E-state index is 11.9. The predicted octanol–water partition coefficient (Wildman–Crippen LogP) is 2.29. The standard InChI is InChI=1S/C13H27NO3Si/c1-12(2,3)18(5,6)17-9-13(11(15)16-4)7-10(14)8-13/h10H,7-9,14H2,1-6H3. The number of nitrogens with two attached hydrogens (primary N) is 1. The summed E-state index contributed by atoms with van der Waals surface area (Å²) >= 11 is 0. The van der Waals surface area contributed by atoms with Crippen LogP contribution in [0.25, 0.3) is 0 Å². The smallest absolute Gasteiger partial charge is 0.314 e. The number of esters is 1. The maximum absolute atomic E-state index is 11.9. The average molecular weight is 273 g/mol. The molecule has 1 rings (SSSR count). The predicted molar refractivity (Wildman–Crippen MR) is 74.8 cm³/mol. The third-order valence-corrected chi connectivity index (χ3v) is 8.92. The molecule has 1 aliphatic carbocycles. The average Bonchev–Trinajstić information content (AvgIpc) is 2.19. The van der Waals surface area contributed by atoms with Gasteiger partial charge in [0.15, 0.2) is 8.32 Å². The van der Waals surface area contributed by atoms with Crippen molar-refractivity contribution >= 4 is 14.3 Å². The first-order valence-electron chi connectivity index (χ1n) is 6.52. The normalized spacial score (nSPS) is 28.7. The number of carbonyl (C=O) groups is 1. The molecule has 0 spiro atoms. The van der Waals surface area contributed by atoms with Crippen LogP contribution in [0.1, 0.15) is 33.6 Å². The van der Waals surface area contributed by atoms with Crippen molar-refractivity contribution < 1.29 is 14.0 Å². The minimum atomic E-state index is -1.83. The highest BCUT2D eigenvalue weighted by Gasteiger charge is 2.51. The van der Waals surface area contributed by atoms with Gasteiger partial charge in [-0.2, -0.15) is 0 Å². The van der Waals surface area contributed by atoms with Gasteiger partial charge >= 0.3 is 5.97 Å². The molecule has 5 heteroatoms. The van der Waals surface area contributed by atoms with E-state index in [1.165, 1.54) is 7.11 Å². The lowest BCUT2D eigenvalue weighted by Gasteiger charge is -2.46. The van der Waals surface area contributed by atoms with Gasteiger partial charge in [-0.15, -0.1) is 0 Å². The van der Waals surface area contributed by atoms with Crippen molar-refractivity contribution in [1.29, 1.82) is 0 Å². The Morgan fingerprint density at radius 2 is 1.89 bits per heavy atom. The highest BCUT2D eigenvalue weighted by Crippen LogP contribution is 2.44. The largest absolute Gasteiger partial charge is 0.469 e. The Morgan fingerprint density at radius 1 is 1.39 bits per heavy atom. The summed E-state index contributed by atoms with van der Waals surface area (Å²) in [7, 11) is -0.395. The number of carbonyl (C=O) groups excluding carboxylic acids is 1. The Hall–Kier alpha value is -0.393. The van der Waals surface area contributed by atoms with Crippen LogP contribution in [0.2, 0.25) is 18.1 Å². The zero-order chi connectivity index (χ0) is 14.2. The lowest BCUT2D eigenvalue weighted by Crippen LogP contribution is -2.56. The van der Waals surface area contributed by atoms with Crippen LogP contribution in [0.15, 0.2) is 0 Å². The van der Waals surface area contributed by atoms with Crippen molar-refractivity contribution in [2.75, 3.05) is 13.7 Å². The van der Waals surface area contributed by atoms with Crippen LogP contribution in [-0.4, -0.2) is 34.0 Å². The Balaban J connectivity index is 2.68. The van der Waals surface area contributed by atoms with Crippen LogP contribution in [0.4, 0.5) is 0 Å². The quantitative estimate of drug-likeness (QED) is 0.630. The van der Waals surface area contributed by atoms with Gasteiger partial charge in [0, 0.05) is 6.04 Å². The number of ether oxygens (including phenoxy) is 1. The highest BCUT2D eigenvalue weighted by atomic mass is 28.4. The third kappa shape index (κ3) is 2.95. The molecule has 18 heavy (non-hydrogen) atoms. The van der Waals surface area contributed by atoms with Crippen LogP contribution in [0, 0.1) is 5.41 Å². The summed E-state index contributed by atoms with van der Waals surface area (Å²) in [5.74, 6) is -0.178. The van der Waals surface area contributed by atoms with Gasteiger partial charge in [-0.25, -0.2) is 0 Å². The molecular weight excluding hydrogens is 246 g/mol.